The highest BCUT2D eigenvalue weighted by atomic mass is 32.1. The lowest BCUT2D eigenvalue weighted by molar-refractivity contribution is -0.119. The molecule has 0 bridgehead atoms. The molecule has 0 saturated carbocycles. The van der Waals surface area contributed by atoms with Gasteiger partial charge in [0.15, 0.2) is 11.5 Å². The number of benzene rings is 3. The first kappa shape index (κ1) is 22.8. The van der Waals surface area contributed by atoms with Gasteiger partial charge < -0.3 is 20.0 Å². The third kappa shape index (κ3) is 5.39. The topological polar surface area (TPSA) is 98.1 Å². The maximum absolute atomic E-state index is 12.1. The third-order valence-corrected chi connectivity index (χ3v) is 5.95. The zero-order valence-corrected chi connectivity index (χ0v) is 20.2. The van der Waals surface area contributed by atoms with E-state index >= 15 is 0 Å². The van der Waals surface area contributed by atoms with Crippen molar-refractivity contribution in [1.82, 2.24) is 20.4 Å². The van der Waals surface area contributed by atoms with Crippen molar-refractivity contribution in [3.05, 3.63) is 94.0 Å². The Balaban J connectivity index is 1.22. The monoisotopic (exact) mass is 502 g/mol. The summed E-state index contributed by atoms with van der Waals surface area (Å²) in [5.41, 5.74) is 6.65. The van der Waals surface area contributed by atoms with E-state index in [1.165, 1.54) is 0 Å². The molecule has 4 N–H and O–H groups in total. The largest absolute Gasteiger partial charge is 0.473 e. The number of hydrogen-bond donors (Lipinski definition) is 4. The maximum Gasteiger partial charge on any atom is 0.241 e. The number of aromatic nitrogens is 3. The van der Waals surface area contributed by atoms with E-state index in [2.05, 4.69) is 25.7 Å². The smallest absolute Gasteiger partial charge is 0.241 e. The first-order valence-corrected chi connectivity index (χ1v) is 11.8. The summed E-state index contributed by atoms with van der Waals surface area (Å²) in [6.45, 7) is 0.272. The molecular weight excluding hydrogens is 480 g/mol. The fraction of sp³-hybridized carbons (Fsp3) is 0.120. The van der Waals surface area contributed by atoms with Gasteiger partial charge in [0.1, 0.15) is 11.6 Å². The Morgan fingerprint density at radius 3 is 2.57 bits per heavy atom. The molecule has 35 heavy (non-hydrogen) atoms. The van der Waals surface area contributed by atoms with Crippen molar-refractivity contribution in [2.24, 2.45) is 0 Å². The molecule has 1 amide bonds. The average molecular weight is 503 g/mol. The van der Waals surface area contributed by atoms with Gasteiger partial charge in [0, 0.05) is 11.3 Å². The second-order valence-electron chi connectivity index (χ2n) is 7.92. The van der Waals surface area contributed by atoms with Gasteiger partial charge in [0.25, 0.3) is 0 Å². The second kappa shape index (κ2) is 10.1. The van der Waals surface area contributed by atoms with Crippen LogP contribution in [0, 0.1) is 9.54 Å². The van der Waals surface area contributed by atoms with E-state index in [9.17, 15) is 4.79 Å². The van der Waals surface area contributed by atoms with Crippen LogP contribution < -0.4 is 20.5 Å². The van der Waals surface area contributed by atoms with E-state index in [0.29, 0.717) is 27.5 Å². The Hall–Kier alpha value is -4.02. The molecule has 176 valence electrons. The number of hydrazine groups is 1. The maximum atomic E-state index is 12.1. The molecule has 0 radical (unpaired) electrons. The summed E-state index contributed by atoms with van der Waals surface area (Å²) in [6.07, 6.45) is 0.418. The van der Waals surface area contributed by atoms with Gasteiger partial charge in [0.05, 0.1) is 18.2 Å². The molecule has 1 saturated heterocycles. The van der Waals surface area contributed by atoms with Crippen LogP contribution in [0.4, 0.5) is 11.4 Å². The summed E-state index contributed by atoms with van der Waals surface area (Å²) in [6, 6.07) is 25.3. The summed E-state index contributed by atoms with van der Waals surface area (Å²) >= 11 is 10.3. The summed E-state index contributed by atoms with van der Waals surface area (Å²) in [4.78, 5) is 22.2. The highest BCUT2D eigenvalue weighted by Crippen LogP contribution is 2.33. The number of aromatic amines is 2. The van der Waals surface area contributed by atoms with E-state index in [0.717, 1.165) is 22.5 Å². The van der Waals surface area contributed by atoms with Crippen molar-refractivity contribution < 1.29 is 9.53 Å². The van der Waals surface area contributed by atoms with Gasteiger partial charge in [-0.15, -0.1) is 0 Å². The second-order valence-corrected chi connectivity index (χ2v) is 8.72. The predicted molar refractivity (Wildman–Crippen MR) is 140 cm³/mol. The van der Waals surface area contributed by atoms with Crippen LogP contribution in [0.2, 0.25) is 0 Å². The molecule has 1 aromatic heterocycles. The third-order valence-electron chi connectivity index (χ3n) is 5.55. The standard InChI is InChI=1S/C25H22N6O2S2/c32-22-14-21(16-5-2-1-3-6-16)31(30-22)19-9-11-20(12-10-19)33-15-26-18-8-4-7-17(13-18)23-27-24(34)29-25(35)28-23/h1-13,21,26H,14-15H2,(H,30,32)(H2,27,28,29,34,35). The van der Waals surface area contributed by atoms with Crippen LogP contribution in [0.25, 0.3) is 11.4 Å². The van der Waals surface area contributed by atoms with Crippen molar-refractivity contribution >= 4 is 41.7 Å². The highest BCUT2D eigenvalue weighted by molar-refractivity contribution is 7.71. The summed E-state index contributed by atoms with van der Waals surface area (Å²) in [5.74, 6) is 1.31. The first-order valence-electron chi connectivity index (χ1n) is 11.0. The summed E-state index contributed by atoms with van der Waals surface area (Å²) < 4.78 is 6.62. The van der Waals surface area contributed by atoms with E-state index in [-0.39, 0.29) is 18.7 Å². The SMILES string of the molecule is O=C1CC(c2ccccc2)N(c2ccc(OCNc3cccc(-c4nc(=S)[nH]c(=S)[nH]4)c3)cc2)N1. The van der Waals surface area contributed by atoms with Crippen molar-refractivity contribution in [2.45, 2.75) is 12.5 Å². The Morgan fingerprint density at radius 2 is 1.80 bits per heavy atom. The molecule has 1 aliphatic rings. The Labute approximate surface area is 212 Å². The van der Waals surface area contributed by atoms with Gasteiger partial charge in [-0.25, -0.2) is 4.98 Å². The zero-order valence-electron chi connectivity index (χ0n) is 18.5. The van der Waals surface area contributed by atoms with Crippen molar-refractivity contribution in [2.75, 3.05) is 17.1 Å². The van der Waals surface area contributed by atoms with Crippen LogP contribution in [0.15, 0.2) is 78.9 Å². The van der Waals surface area contributed by atoms with Crippen LogP contribution in [0.3, 0.4) is 0 Å². The van der Waals surface area contributed by atoms with Gasteiger partial charge in [-0.2, -0.15) is 0 Å². The molecule has 1 aliphatic heterocycles. The van der Waals surface area contributed by atoms with Crippen LogP contribution in [0.5, 0.6) is 5.75 Å². The Kier molecular flexibility index (Phi) is 6.55. The molecule has 5 rings (SSSR count). The lowest BCUT2D eigenvalue weighted by Crippen LogP contribution is -2.34. The zero-order chi connectivity index (χ0) is 24.2. The molecule has 8 nitrogen and oxygen atoms in total. The number of carbonyl (C=O) groups is 1. The van der Waals surface area contributed by atoms with Crippen molar-refractivity contribution in [3.8, 4) is 17.1 Å². The summed E-state index contributed by atoms with van der Waals surface area (Å²) in [7, 11) is 0. The van der Waals surface area contributed by atoms with Crippen molar-refractivity contribution in [1.29, 1.82) is 0 Å². The van der Waals surface area contributed by atoms with Crippen LogP contribution >= 0.6 is 24.4 Å². The van der Waals surface area contributed by atoms with E-state index in [1.807, 2.05) is 83.9 Å². The predicted octanol–water partition coefficient (Wildman–Crippen LogP) is 5.29. The Morgan fingerprint density at radius 1 is 1.00 bits per heavy atom. The van der Waals surface area contributed by atoms with Crippen LogP contribution in [-0.4, -0.2) is 27.6 Å². The highest BCUT2D eigenvalue weighted by Gasteiger charge is 2.31. The normalized spacial score (nSPS) is 15.0. The van der Waals surface area contributed by atoms with E-state index < -0.39 is 0 Å². The molecule has 1 atom stereocenters. The first-order chi connectivity index (χ1) is 17.0. The molecule has 1 fully saturated rings. The van der Waals surface area contributed by atoms with Gasteiger partial charge >= 0.3 is 0 Å². The van der Waals surface area contributed by atoms with Gasteiger partial charge in [-0.3, -0.25) is 15.2 Å². The van der Waals surface area contributed by atoms with E-state index in [4.69, 9.17) is 29.2 Å². The number of anilines is 2. The summed E-state index contributed by atoms with van der Waals surface area (Å²) in [5, 5.41) is 5.15. The lowest BCUT2D eigenvalue weighted by atomic mass is 10.0. The van der Waals surface area contributed by atoms with E-state index in [1.54, 1.807) is 0 Å². The molecule has 0 aliphatic carbocycles. The van der Waals surface area contributed by atoms with Gasteiger partial charge in [-0.1, -0.05) is 42.5 Å². The fourth-order valence-corrected chi connectivity index (χ4v) is 4.37. The minimum absolute atomic E-state index is 0.0000846. The molecule has 1 unspecified atom stereocenters. The van der Waals surface area contributed by atoms with Crippen molar-refractivity contribution in [3.63, 3.8) is 0 Å². The molecule has 10 heteroatoms. The number of H-pyrrole nitrogens is 2. The number of carbonyl (C=O) groups excluding carboxylic acids is 1. The quantitative estimate of drug-likeness (QED) is 0.201. The van der Waals surface area contributed by atoms with Crippen LogP contribution in [0.1, 0.15) is 18.0 Å². The Bertz CT molecular complexity index is 1430. The lowest BCUT2D eigenvalue weighted by Gasteiger charge is -2.26. The van der Waals surface area contributed by atoms with Gasteiger partial charge in [-0.05, 0) is 66.4 Å². The number of nitrogens with one attached hydrogen (secondary N) is 4. The van der Waals surface area contributed by atoms with Crippen LogP contribution in [-0.2, 0) is 4.79 Å². The number of nitrogens with zero attached hydrogens (tertiary/aromatic N) is 2. The molecule has 3 aromatic carbocycles. The number of rotatable bonds is 7. The number of hydrogen-bond acceptors (Lipinski definition) is 7. The number of amides is 1. The molecule has 2 heterocycles. The van der Waals surface area contributed by atoms with Gasteiger partial charge in [0.2, 0.25) is 10.7 Å². The molecule has 4 aromatic rings. The minimum atomic E-state index is -0.0489. The number of ether oxygens (including phenoxy) is 1. The fourth-order valence-electron chi connectivity index (χ4n) is 3.92. The minimum Gasteiger partial charge on any atom is -0.473 e. The molecule has 0 spiro atoms. The molecular formula is C25H22N6O2S2. The average Bonchev–Trinajstić information content (AvgIpc) is 3.26.